The van der Waals surface area contributed by atoms with E-state index >= 15 is 0 Å². The molecule has 0 amide bonds. The molecule has 0 bridgehead atoms. The van der Waals surface area contributed by atoms with Crippen molar-refractivity contribution in [1.82, 2.24) is 0 Å². The topological polar surface area (TPSA) is 0 Å². The van der Waals surface area contributed by atoms with Gasteiger partial charge in [0.2, 0.25) is 0 Å². The van der Waals surface area contributed by atoms with Gasteiger partial charge in [0.1, 0.15) is 0 Å². The number of halogens is 7. The van der Waals surface area contributed by atoms with Crippen LogP contribution in [-0.2, 0) is 0 Å². The molecule has 0 N–H and O–H groups in total. The summed E-state index contributed by atoms with van der Waals surface area (Å²) in [6.07, 6.45) is 0. The molecular weight excluding hydrogens is 507 g/mol. The van der Waals surface area contributed by atoms with E-state index in [0.717, 1.165) is 0 Å². The predicted molar refractivity (Wildman–Crippen MR) is 92.2 cm³/mol. The minimum atomic E-state index is 0. The number of rotatable bonds is 1. The Bertz CT molecular complexity index is 325. The Kier molecular flexibility index (Phi) is 50.5. The molecule has 0 saturated heterocycles. The average Bonchev–Trinajstić information content (AvgIpc) is 2.21. The van der Waals surface area contributed by atoms with E-state index < -0.39 is 0 Å². The maximum Gasteiger partial charge on any atom is -0.0184 e. The van der Waals surface area contributed by atoms with E-state index in [2.05, 4.69) is 48.5 Å². The second-order valence-corrected chi connectivity index (χ2v) is 2.73. The van der Waals surface area contributed by atoms with Crippen molar-refractivity contribution in [1.29, 1.82) is 0 Å². The van der Waals surface area contributed by atoms with Gasteiger partial charge < -0.3 is 0 Å². The second kappa shape index (κ2) is 23.6. The molecular formula is C12H20F6ISb. The fraction of sp³-hybridized carbons (Fsp3) is 0. The molecule has 0 aliphatic rings. The van der Waals surface area contributed by atoms with Crippen LogP contribution in [0.1, 0.15) is 0 Å². The molecule has 2 rings (SSSR count). The first kappa shape index (κ1) is 42.7. The quantitative estimate of drug-likeness (QED) is 0.302. The third-order valence-corrected chi connectivity index (χ3v) is 1.88. The van der Waals surface area contributed by atoms with Gasteiger partial charge in [0.25, 0.3) is 0 Å². The zero-order valence-corrected chi connectivity index (χ0v) is 16.7. The third-order valence-electron chi connectivity index (χ3n) is 1.88. The van der Waals surface area contributed by atoms with Gasteiger partial charge in [0.15, 0.2) is 0 Å². The van der Waals surface area contributed by atoms with Crippen LogP contribution in [0.5, 0.6) is 0 Å². The molecule has 122 valence electrons. The maximum absolute atomic E-state index is 2.12. The Balaban J connectivity index is -0.0000000422. The molecule has 0 fully saturated rings. The Labute approximate surface area is 148 Å². The summed E-state index contributed by atoms with van der Waals surface area (Å²) < 4.78 is 0. The molecule has 0 aromatic heterocycles. The van der Waals surface area contributed by atoms with E-state index in [1.807, 2.05) is 12.1 Å². The smallest absolute Gasteiger partial charge is 0.0184 e. The van der Waals surface area contributed by atoms with E-state index in [-0.39, 0.29) is 76.6 Å². The summed E-state index contributed by atoms with van der Waals surface area (Å²) in [6.45, 7) is 0. The summed E-state index contributed by atoms with van der Waals surface area (Å²) in [7, 11) is 0. The molecule has 0 nitrogen and oxygen atoms in total. The van der Waals surface area contributed by atoms with Crippen LogP contribution in [-0.4, -0.2) is 24.4 Å². The molecule has 8 heteroatoms. The first-order valence-corrected chi connectivity index (χ1v) is 4.07. The standard InChI is InChI=1S/C12H10.6FH.HI.Sb.3H/c1-3-7-11(8-4-1)12-9-5-2-6-10-12;;;;;;;;;;;/h1-10H;7*1H;;;;. The van der Waals surface area contributed by atoms with Crippen LogP contribution in [0.4, 0.5) is 28.2 Å². The van der Waals surface area contributed by atoms with Gasteiger partial charge >= 0.3 is 24.4 Å². The van der Waals surface area contributed by atoms with Crippen LogP contribution in [0.3, 0.4) is 0 Å². The number of hydrogen-bond donors (Lipinski definition) is 0. The van der Waals surface area contributed by atoms with Crippen LogP contribution in [0.2, 0.25) is 0 Å². The predicted octanol–water partition coefficient (Wildman–Crippen LogP) is 3.70. The van der Waals surface area contributed by atoms with Gasteiger partial charge in [0, 0.05) is 0 Å². The molecule has 0 unspecified atom stereocenters. The molecule has 0 aliphatic heterocycles. The molecule has 0 saturated carbocycles. The van der Waals surface area contributed by atoms with Crippen molar-refractivity contribution in [3.63, 3.8) is 0 Å². The number of hydrogen-bond acceptors (Lipinski definition) is 0. The molecule has 2 aromatic carbocycles. The van der Waals surface area contributed by atoms with Crippen LogP contribution in [0, 0.1) is 0 Å². The molecule has 0 heterocycles. The minimum absolute atomic E-state index is 0. The third kappa shape index (κ3) is 12.6. The Morgan fingerprint density at radius 3 is 0.800 bits per heavy atom. The first-order chi connectivity index (χ1) is 5.97. The van der Waals surface area contributed by atoms with Crippen LogP contribution in [0.15, 0.2) is 60.7 Å². The maximum atomic E-state index is 2.12. The molecule has 0 aliphatic carbocycles. The Hall–Kier alpha value is -0.432. The molecule has 2 aromatic rings. The minimum Gasteiger partial charge on any atom is -0.0622 e. The van der Waals surface area contributed by atoms with E-state index in [0.29, 0.717) is 0 Å². The van der Waals surface area contributed by atoms with E-state index in [1.54, 1.807) is 0 Å². The van der Waals surface area contributed by atoms with Crippen molar-refractivity contribution in [3.8, 4) is 11.1 Å². The van der Waals surface area contributed by atoms with Gasteiger partial charge in [-0.05, 0) is 11.1 Å². The van der Waals surface area contributed by atoms with Crippen molar-refractivity contribution < 1.29 is 28.2 Å². The van der Waals surface area contributed by atoms with Crippen LogP contribution < -0.4 is 0 Å². The first-order valence-electron chi connectivity index (χ1n) is 4.07. The van der Waals surface area contributed by atoms with Crippen molar-refractivity contribution in [2.45, 2.75) is 0 Å². The zero-order chi connectivity index (χ0) is 8.23. The molecule has 0 radical (unpaired) electrons. The van der Waals surface area contributed by atoms with E-state index in [4.69, 9.17) is 0 Å². The Morgan fingerprint density at radius 1 is 0.400 bits per heavy atom. The average molecular weight is 527 g/mol. The van der Waals surface area contributed by atoms with Gasteiger partial charge in [-0.15, -0.1) is 24.0 Å². The van der Waals surface area contributed by atoms with Crippen molar-refractivity contribution in [3.05, 3.63) is 60.7 Å². The molecule has 0 atom stereocenters. The van der Waals surface area contributed by atoms with Gasteiger partial charge in [0.05, 0.1) is 0 Å². The second-order valence-electron chi connectivity index (χ2n) is 2.73. The van der Waals surface area contributed by atoms with Crippen molar-refractivity contribution in [2.75, 3.05) is 0 Å². The monoisotopic (exact) mass is 526 g/mol. The summed E-state index contributed by atoms with van der Waals surface area (Å²) in [6, 6.07) is 20.8. The molecule has 20 heavy (non-hydrogen) atoms. The molecule has 0 spiro atoms. The summed E-state index contributed by atoms with van der Waals surface area (Å²) in [4.78, 5) is 0. The summed E-state index contributed by atoms with van der Waals surface area (Å²) in [5.41, 5.74) is 2.55. The van der Waals surface area contributed by atoms with Gasteiger partial charge in [-0.2, -0.15) is 0 Å². The largest absolute Gasteiger partial charge is 0.0622 e. The summed E-state index contributed by atoms with van der Waals surface area (Å²) >= 11 is 0. The normalized spacial score (nSPS) is 5.80. The fourth-order valence-corrected chi connectivity index (χ4v) is 1.26. The van der Waals surface area contributed by atoms with Gasteiger partial charge in [-0.25, -0.2) is 0 Å². The van der Waals surface area contributed by atoms with Gasteiger partial charge in [-0.1, -0.05) is 60.7 Å². The van der Waals surface area contributed by atoms with Crippen LogP contribution >= 0.6 is 24.0 Å². The van der Waals surface area contributed by atoms with E-state index in [1.165, 1.54) is 11.1 Å². The Morgan fingerprint density at radius 2 is 0.600 bits per heavy atom. The zero-order valence-electron chi connectivity index (χ0n) is 10.3. The number of benzene rings is 2. The van der Waals surface area contributed by atoms with Crippen LogP contribution in [0.25, 0.3) is 11.1 Å². The SMILES string of the molecule is F.F.F.F.F.F.I.[SbH3].c1ccc(-c2ccccc2)cc1. The van der Waals surface area contributed by atoms with Gasteiger partial charge in [-0.3, -0.25) is 28.2 Å². The summed E-state index contributed by atoms with van der Waals surface area (Å²) in [5, 5.41) is 0. The van der Waals surface area contributed by atoms with Crippen molar-refractivity contribution >= 4 is 48.4 Å². The van der Waals surface area contributed by atoms with E-state index in [9.17, 15) is 0 Å². The fourth-order valence-electron chi connectivity index (χ4n) is 1.26. The summed E-state index contributed by atoms with van der Waals surface area (Å²) in [5.74, 6) is 0. The van der Waals surface area contributed by atoms with Crippen molar-refractivity contribution in [2.24, 2.45) is 0 Å².